The Balaban J connectivity index is 1.78. The van der Waals surface area contributed by atoms with Crippen molar-refractivity contribution in [3.63, 3.8) is 0 Å². The molecule has 0 bridgehead atoms. The summed E-state index contributed by atoms with van der Waals surface area (Å²) in [5, 5.41) is 0.956. The van der Waals surface area contributed by atoms with E-state index in [9.17, 15) is 13.2 Å². The lowest BCUT2D eigenvalue weighted by atomic mass is 10.3. The van der Waals surface area contributed by atoms with E-state index in [2.05, 4.69) is 4.98 Å². The average molecular weight is 364 g/mol. The smallest absolute Gasteiger partial charge is 0.295 e. The van der Waals surface area contributed by atoms with Crippen LogP contribution in [0.1, 0.15) is 15.6 Å². The lowest BCUT2D eigenvalue weighted by molar-refractivity contribution is 0.430. The van der Waals surface area contributed by atoms with Crippen LogP contribution in [0.3, 0.4) is 0 Å². The predicted octanol–water partition coefficient (Wildman–Crippen LogP) is 1.35. The van der Waals surface area contributed by atoms with Gasteiger partial charge in [-0.1, -0.05) is 0 Å². The van der Waals surface area contributed by atoms with Crippen molar-refractivity contribution < 1.29 is 8.42 Å². The summed E-state index contributed by atoms with van der Waals surface area (Å²) in [7, 11) is -0.314. The molecule has 7 nitrogen and oxygen atoms in total. The molecule has 0 saturated heterocycles. The number of hydrogen-bond donors (Lipinski definition) is 0. The van der Waals surface area contributed by atoms with Crippen molar-refractivity contribution in [1.29, 1.82) is 0 Å². The molecule has 0 saturated carbocycles. The molecule has 24 heavy (non-hydrogen) atoms. The number of nitrogens with zero attached hydrogens (tertiary/aromatic N) is 4. The molecule has 3 aromatic rings. The first-order valence-corrected chi connectivity index (χ1v) is 9.65. The van der Waals surface area contributed by atoms with Crippen molar-refractivity contribution in [2.75, 3.05) is 0 Å². The van der Waals surface area contributed by atoms with E-state index >= 15 is 0 Å². The van der Waals surface area contributed by atoms with Crippen LogP contribution in [0.25, 0.3) is 11.0 Å². The minimum Gasteiger partial charge on any atom is -0.295 e. The van der Waals surface area contributed by atoms with Crippen LogP contribution in [0.5, 0.6) is 0 Å². The zero-order valence-corrected chi connectivity index (χ0v) is 15.1. The van der Waals surface area contributed by atoms with E-state index in [0.717, 1.165) is 15.6 Å². The van der Waals surface area contributed by atoms with Gasteiger partial charge in [-0.3, -0.25) is 9.13 Å². The van der Waals surface area contributed by atoms with E-state index in [1.165, 1.54) is 24.8 Å². The molecule has 1 aliphatic rings. The molecule has 2 aromatic heterocycles. The number of fused-ring (bicyclic) bond motifs is 2. The Morgan fingerprint density at radius 3 is 2.54 bits per heavy atom. The van der Waals surface area contributed by atoms with Gasteiger partial charge in [-0.05, 0) is 25.1 Å². The molecule has 0 spiro atoms. The standard InChI is InChI=1S/C15H16N4O3S2/c1-9-16-11-7-19(8-14(11)23-9)24(21,22)10-4-5-12-13(6-10)18(3)15(20)17(12)2/h4-6H,7-8H2,1-3H3. The Morgan fingerprint density at radius 1 is 1.12 bits per heavy atom. The van der Waals surface area contributed by atoms with Gasteiger partial charge in [0.25, 0.3) is 0 Å². The summed E-state index contributed by atoms with van der Waals surface area (Å²) in [4.78, 5) is 17.6. The van der Waals surface area contributed by atoms with Crippen LogP contribution < -0.4 is 5.69 Å². The van der Waals surface area contributed by atoms with E-state index in [4.69, 9.17) is 0 Å². The highest BCUT2D eigenvalue weighted by Gasteiger charge is 2.33. The van der Waals surface area contributed by atoms with Gasteiger partial charge in [0.1, 0.15) is 0 Å². The Bertz CT molecular complexity index is 1110. The second kappa shape index (κ2) is 5.01. The summed E-state index contributed by atoms with van der Waals surface area (Å²) in [6.07, 6.45) is 0. The van der Waals surface area contributed by atoms with Crippen molar-refractivity contribution >= 4 is 32.4 Å². The molecule has 0 fully saturated rings. The third-order valence-electron chi connectivity index (χ3n) is 4.41. The molecule has 3 heterocycles. The van der Waals surface area contributed by atoms with Crippen LogP contribution in [0.4, 0.5) is 0 Å². The molecule has 0 N–H and O–H groups in total. The second-order valence-electron chi connectivity index (χ2n) is 5.93. The summed E-state index contributed by atoms with van der Waals surface area (Å²) in [5.41, 5.74) is 1.97. The van der Waals surface area contributed by atoms with Crippen LogP contribution in [0.15, 0.2) is 27.9 Å². The van der Waals surface area contributed by atoms with Gasteiger partial charge in [0.05, 0.1) is 39.7 Å². The van der Waals surface area contributed by atoms with E-state index in [1.807, 2.05) is 6.92 Å². The zero-order chi connectivity index (χ0) is 17.2. The van der Waals surface area contributed by atoms with Crippen molar-refractivity contribution in [3.8, 4) is 0 Å². The summed E-state index contributed by atoms with van der Waals surface area (Å²) < 4.78 is 30.3. The molecule has 126 valence electrons. The van der Waals surface area contributed by atoms with Crippen LogP contribution in [-0.4, -0.2) is 26.8 Å². The summed E-state index contributed by atoms with van der Waals surface area (Å²) >= 11 is 1.54. The SMILES string of the molecule is Cc1nc2c(s1)CN(S(=O)(=O)c1ccc3c(c1)n(C)c(=O)n3C)C2. The number of thiazole rings is 1. The third-order valence-corrected chi connectivity index (χ3v) is 7.20. The van der Waals surface area contributed by atoms with Crippen molar-refractivity contribution in [1.82, 2.24) is 18.4 Å². The number of sulfonamides is 1. The van der Waals surface area contributed by atoms with Crippen LogP contribution in [0, 0.1) is 6.92 Å². The number of aromatic nitrogens is 3. The highest BCUT2D eigenvalue weighted by Crippen LogP contribution is 2.32. The number of imidazole rings is 1. The quantitative estimate of drug-likeness (QED) is 0.688. The maximum absolute atomic E-state index is 12.9. The molecule has 0 aliphatic carbocycles. The Morgan fingerprint density at radius 2 is 1.83 bits per heavy atom. The molecule has 1 aromatic carbocycles. The fourth-order valence-corrected chi connectivity index (χ4v) is 5.54. The monoisotopic (exact) mass is 364 g/mol. The van der Waals surface area contributed by atoms with E-state index in [-0.39, 0.29) is 10.6 Å². The maximum Gasteiger partial charge on any atom is 0.328 e. The predicted molar refractivity (Wildman–Crippen MR) is 91.4 cm³/mol. The third kappa shape index (κ3) is 2.08. The van der Waals surface area contributed by atoms with Gasteiger partial charge in [0.2, 0.25) is 10.0 Å². The number of aryl methyl sites for hydroxylation is 3. The zero-order valence-electron chi connectivity index (χ0n) is 13.5. The average Bonchev–Trinajstić information content (AvgIpc) is 3.15. The Labute approximate surface area is 142 Å². The highest BCUT2D eigenvalue weighted by atomic mass is 32.2. The van der Waals surface area contributed by atoms with Crippen molar-refractivity contribution in [3.05, 3.63) is 44.3 Å². The molecule has 0 atom stereocenters. The lowest BCUT2D eigenvalue weighted by Gasteiger charge is -2.15. The van der Waals surface area contributed by atoms with E-state index < -0.39 is 10.0 Å². The highest BCUT2D eigenvalue weighted by molar-refractivity contribution is 7.89. The Hall–Kier alpha value is -1.97. The number of hydrogen-bond acceptors (Lipinski definition) is 5. The molecule has 0 radical (unpaired) electrons. The molecular weight excluding hydrogens is 348 g/mol. The topological polar surface area (TPSA) is 77.2 Å². The van der Waals surface area contributed by atoms with Gasteiger partial charge in [0.15, 0.2) is 0 Å². The van der Waals surface area contributed by atoms with Gasteiger partial charge in [0, 0.05) is 19.0 Å². The fourth-order valence-electron chi connectivity index (χ4n) is 3.11. The summed E-state index contributed by atoms with van der Waals surface area (Å²) in [6, 6.07) is 4.80. The minimum atomic E-state index is -3.63. The van der Waals surface area contributed by atoms with Crippen LogP contribution in [0.2, 0.25) is 0 Å². The van der Waals surface area contributed by atoms with Crippen LogP contribution in [-0.2, 0) is 37.2 Å². The Kier molecular flexibility index (Phi) is 3.25. The van der Waals surface area contributed by atoms with Gasteiger partial charge < -0.3 is 0 Å². The molecule has 1 aliphatic heterocycles. The first kappa shape index (κ1) is 15.6. The first-order chi connectivity index (χ1) is 11.3. The van der Waals surface area contributed by atoms with Crippen molar-refractivity contribution in [2.24, 2.45) is 14.1 Å². The van der Waals surface area contributed by atoms with Crippen molar-refractivity contribution in [2.45, 2.75) is 24.9 Å². The molecule has 4 rings (SSSR count). The largest absolute Gasteiger partial charge is 0.328 e. The normalized spacial score (nSPS) is 15.3. The van der Waals surface area contributed by atoms with Crippen LogP contribution >= 0.6 is 11.3 Å². The molecule has 9 heteroatoms. The van der Waals surface area contributed by atoms with Gasteiger partial charge in [-0.2, -0.15) is 4.31 Å². The number of rotatable bonds is 2. The molecular formula is C15H16N4O3S2. The lowest BCUT2D eigenvalue weighted by Crippen LogP contribution is -2.26. The minimum absolute atomic E-state index is 0.178. The number of benzene rings is 1. The second-order valence-corrected chi connectivity index (χ2v) is 9.15. The summed E-state index contributed by atoms with van der Waals surface area (Å²) in [6.45, 7) is 2.58. The van der Waals surface area contributed by atoms with Gasteiger partial charge in [-0.25, -0.2) is 18.2 Å². The maximum atomic E-state index is 12.9. The summed E-state index contributed by atoms with van der Waals surface area (Å²) in [5.74, 6) is 0. The fraction of sp³-hybridized carbons (Fsp3) is 0.333. The van der Waals surface area contributed by atoms with Gasteiger partial charge in [-0.15, -0.1) is 11.3 Å². The molecule has 0 amide bonds. The van der Waals surface area contributed by atoms with Gasteiger partial charge >= 0.3 is 5.69 Å². The van der Waals surface area contributed by atoms with E-state index in [1.54, 1.807) is 32.3 Å². The van der Waals surface area contributed by atoms with E-state index in [0.29, 0.717) is 24.1 Å². The first-order valence-electron chi connectivity index (χ1n) is 7.40. The molecule has 0 unspecified atom stereocenters.